The topological polar surface area (TPSA) is 86.6 Å². The minimum atomic E-state index is -1.46. The van der Waals surface area contributed by atoms with Gasteiger partial charge in [0.15, 0.2) is 6.10 Å². The van der Waals surface area contributed by atoms with E-state index in [9.17, 15) is 9.59 Å². The molecule has 0 saturated carbocycles. The van der Waals surface area contributed by atoms with Crippen LogP contribution in [0, 0.1) is 0 Å². The van der Waals surface area contributed by atoms with Crippen LogP contribution in [0.3, 0.4) is 0 Å². The Labute approximate surface area is 120 Å². The number of carboxylic acids is 1. The minimum Gasteiger partial charge on any atom is -0.479 e. The zero-order valence-electron chi connectivity index (χ0n) is 9.19. The van der Waals surface area contributed by atoms with Crippen molar-refractivity contribution in [1.29, 1.82) is 0 Å². The molecule has 0 aliphatic heterocycles. The maximum atomic E-state index is 11.8. The number of benzene rings is 1. The lowest BCUT2D eigenvalue weighted by Crippen LogP contribution is -2.30. The highest BCUT2D eigenvalue weighted by Gasteiger charge is 2.14. The molecule has 0 saturated heterocycles. The molecule has 1 atom stereocenters. The first-order valence-corrected chi connectivity index (χ1v) is 6.64. The third-order valence-electron chi connectivity index (χ3n) is 2.16. The van der Waals surface area contributed by atoms with Crippen LogP contribution < -0.4 is 5.32 Å². The van der Waals surface area contributed by atoms with Crippen molar-refractivity contribution >= 4 is 43.7 Å². The summed E-state index contributed by atoms with van der Waals surface area (Å²) in [7, 11) is 0. The number of aliphatic hydroxyl groups excluding tert-OH is 1. The highest BCUT2D eigenvalue weighted by Crippen LogP contribution is 2.21. The van der Waals surface area contributed by atoms with Crippen molar-refractivity contribution < 1.29 is 19.8 Å². The summed E-state index contributed by atoms with van der Waals surface area (Å²) in [6.45, 7) is 0.0885. The second-order valence-electron chi connectivity index (χ2n) is 3.52. The van der Waals surface area contributed by atoms with Crippen LogP contribution in [0.1, 0.15) is 16.8 Å². The lowest BCUT2D eigenvalue weighted by atomic mass is 10.2. The molecule has 1 rings (SSSR count). The van der Waals surface area contributed by atoms with E-state index in [2.05, 4.69) is 37.2 Å². The maximum absolute atomic E-state index is 11.8. The van der Waals surface area contributed by atoms with E-state index in [1.807, 2.05) is 0 Å². The Balaban J connectivity index is 2.55. The Morgan fingerprint density at radius 2 is 2.00 bits per heavy atom. The summed E-state index contributed by atoms with van der Waals surface area (Å²) in [5.41, 5.74) is 0.439. The van der Waals surface area contributed by atoms with E-state index < -0.39 is 12.1 Å². The highest BCUT2D eigenvalue weighted by molar-refractivity contribution is 9.11. The molecule has 7 heteroatoms. The molecule has 0 fully saturated rings. The van der Waals surface area contributed by atoms with Gasteiger partial charge in [0.1, 0.15) is 0 Å². The summed E-state index contributed by atoms with van der Waals surface area (Å²) in [5, 5.41) is 20.0. The van der Waals surface area contributed by atoms with E-state index in [0.29, 0.717) is 10.0 Å². The summed E-state index contributed by atoms with van der Waals surface area (Å²) in [5.74, 6) is -1.63. The molecular weight excluding hydrogens is 370 g/mol. The molecule has 0 aromatic heterocycles. The number of aliphatic carboxylic acids is 1. The molecule has 0 bridgehead atoms. The Morgan fingerprint density at radius 3 is 2.61 bits per heavy atom. The van der Waals surface area contributed by atoms with Gasteiger partial charge in [0, 0.05) is 21.9 Å². The Hall–Kier alpha value is -0.920. The third-order valence-corrected chi connectivity index (χ3v) is 3.35. The van der Waals surface area contributed by atoms with Crippen LogP contribution in [-0.4, -0.2) is 34.7 Å². The molecule has 1 aromatic rings. The van der Waals surface area contributed by atoms with Crippen LogP contribution in [0.4, 0.5) is 0 Å². The Kier molecular flexibility index (Phi) is 5.77. The molecule has 3 N–H and O–H groups in total. The number of nitrogens with one attached hydrogen (secondary N) is 1. The van der Waals surface area contributed by atoms with Crippen LogP contribution in [-0.2, 0) is 4.79 Å². The fraction of sp³-hybridized carbons (Fsp3) is 0.273. The molecule has 0 unspecified atom stereocenters. The van der Waals surface area contributed by atoms with Gasteiger partial charge in [-0.05, 0) is 34.1 Å². The zero-order valence-corrected chi connectivity index (χ0v) is 12.4. The number of carbonyl (C=O) groups excluding carboxylic acids is 1. The SMILES string of the molecule is O=C(NCC[C@H](O)C(=O)O)c1cc(Br)ccc1Br. The number of rotatable bonds is 5. The highest BCUT2D eigenvalue weighted by atomic mass is 79.9. The van der Waals surface area contributed by atoms with Crippen molar-refractivity contribution in [2.45, 2.75) is 12.5 Å². The largest absolute Gasteiger partial charge is 0.479 e. The summed E-state index contributed by atoms with van der Waals surface area (Å²) in [4.78, 5) is 22.1. The van der Waals surface area contributed by atoms with Gasteiger partial charge < -0.3 is 15.5 Å². The first kappa shape index (κ1) is 15.1. The smallest absolute Gasteiger partial charge is 0.332 e. The number of hydrogen-bond acceptors (Lipinski definition) is 3. The monoisotopic (exact) mass is 379 g/mol. The summed E-state index contributed by atoms with van der Waals surface area (Å²) >= 11 is 6.51. The number of carboxylic acid groups (broad SMARTS) is 1. The van der Waals surface area contributed by atoms with Gasteiger partial charge in [0.25, 0.3) is 5.91 Å². The van der Waals surface area contributed by atoms with Crippen molar-refractivity contribution in [2.75, 3.05) is 6.54 Å². The molecular formula is C11H11Br2NO4. The quantitative estimate of drug-likeness (QED) is 0.726. The first-order chi connectivity index (χ1) is 8.41. The van der Waals surface area contributed by atoms with Gasteiger partial charge in [0.2, 0.25) is 0 Å². The fourth-order valence-corrected chi connectivity index (χ4v) is 2.00. The van der Waals surface area contributed by atoms with Crippen LogP contribution in [0.5, 0.6) is 0 Å². The van der Waals surface area contributed by atoms with Gasteiger partial charge in [-0.2, -0.15) is 0 Å². The predicted molar refractivity (Wildman–Crippen MR) is 72.4 cm³/mol. The number of carbonyl (C=O) groups is 2. The van der Waals surface area contributed by atoms with E-state index >= 15 is 0 Å². The molecule has 0 radical (unpaired) electrons. The fourth-order valence-electron chi connectivity index (χ4n) is 1.21. The van der Waals surface area contributed by atoms with Gasteiger partial charge in [0.05, 0.1) is 5.56 Å². The summed E-state index contributed by atoms with van der Waals surface area (Å²) < 4.78 is 1.41. The van der Waals surface area contributed by atoms with E-state index in [1.54, 1.807) is 18.2 Å². The third kappa shape index (κ3) is 4.40. The normalized spacial score (nSPS) is 11.9. The number of halogens is 2. The van der Waals surface area contributed by atoms with E-state index in [1.165, 1.54) is 0 Å². The van der Waals surface area contributed by atoms with Crippen molar-refractivity contribution in [2.24, 2.45) is 0 Å². The second-order valence-corrected chi connectivity index (χ2v) is 5.29. The lowest BCUT2D eigenvalue weighted by molar-refractivity contribution is -0.146. The van der Waals surface area contributed by atoms with Crippen LogP contribution in [0.25, 0.3) is 0 Å². The molecule has 98 valence electrons. The Morgan fingerprint density at radius 1 is 1.33 bits per heavy atom. The average molecular weight is 381 g/mol. The molecule has 0 aliphatic carbocycles. The first-order valence-electron chi connectivity index (χ1n) is 5.06. The molecule has 0 heterocycles. The number of aliphatic hydroxyl groups is 1. The summed E-state index contributed by atoms with van der Waals surface area (Å²) in [6, 6.07) is 5.16. The standard InChI is InChI=1S/C11H11Br2NO4/c12-6-1-2-8(13)7(5-6)10(16)14-4-3-9(15)11(17)18/h1-2,5,9,15H,3-4H2,(H,14,16)(H,17,18)/t9-/m0/s1. The number of amides is 1. The van der Waals surface area contributed by atoms with Gasteiger partial charge in [-0.3, -0.25) is 4.79 Å². The van der Waals surface area contributed by atoms with E-state index in [0.717, 1.165) is 4.47 Å². The summed E-state index contributed by atoms with van der Waals surface area (Å²) in [6.07, 6.45) is -1.50. The second kappa shape index (κ2) is 6.86. The van der Waals surface area contributed by atoms with E-state index in [4.69, 9.17) is 10.2 Å². The average Bonchev–Trinajstić information content (AvgIpc) is 2.31. The van der Waals surface area contributed by atoms with Crippen molar-refractivity contribution in [3.8, 4) is 0 Å². The Bertz CT molecular complexity index is 464. The van der Waals surface area contributed by atoms with Crippen LogP contribution >= 0.6 is 31.9 Å². The molecule has 1 aromatic carbocycles. The van der Waals surface area contributed by atoms with Gasteiger partial charge >= 0.3 is 5.97 Å². The molecule has 18 heavy (non-hydrogen) atoms. The minimum absolute atomic E-state index is 0.0350. The van der Waals surface area contributed by atoms with Crippen molar-refractivity contribution in [1.82, 2.24) is 5.32 Å². The van der Waals surface area contributed by atoms with Gasteiger partial charge in [-0.1, -0.05) is 15.9 Å². The van der Waals surface area contributed by atoms with Crippen molar-refractivity contribution in [3.63, 3.8) is 0 Å². The van der Waals surface area contributed by atoms with Gasteiger partial charge in [-0.25, -0.2) is 4.79 Å². The number of hydrogen-bond donors (Lipinski definition) is 3. The predicted octanol–water partition coefficient (Wildman–Crippen LogP) is 1.78. The zero-order chi connectivity index (χ0) is 13.7. The molecule has 0 aliphatic rings. The lowest BCUT2D eigenvalue weighted by Gasteiger charge is -2.08. The van der Waals surface area contributed by atoms with Gasteiger partial charge in [-0.15, -0.1) is 0 Å². The molecule has 5 nitrogen and oxygen atoms in total. The van der Waals surface area contributed by atoms with Crippen molar-refractivity contribution in [3.05, 3.63) is 32.7 Å². The van der Waals surface area contributed by atoms with Crippen LogP contribution in [0.15, 0.2) is 27.1 Å². The van der Waals surface area contributed by atoms with Crippen LogP contribution in [0.2, 0.25) is 0 Å². The molecule has 0 spiro atoms. The van der Waals surface area contributed by atoms with E-state index in [-0.39, 0.29) is 18.9 Å². The molecule has 1 amide bonds. The maximum Gasteiger partial charge on any atom is 0.332 e.